The zero-order valence-electron chi connectivity index (χ0n) is 13.5. The van der Waals surface area contributed by atoms with E-state index >= 15 is 0 Å². The number of nitrogens with zero attached hydrogens (tertiary/aromatic N) is 3. The molecule has 1 fully saturated rings. The van der Waals surface area contributed by atoms with Gasteiger partial charge in [-0.2, -0.15) is 4.98 Å². The van der Waals surface area contributed by atoms with Crippen LogP contribution in [0.15, 0.2) is 12.3 Å². The maximum Gasteiger partial charge on any atom is 0.268 e. The Morgan fingerprint density at radius 3 is 2.96 bits per heavy atom. The number of rotatable bonds is 3. The molecule has 1 aliphatic heterocycles. The van der Waals surface area contributed by atoms with Crippen molar-refractivity contribution in [2.75, 3.05) is 5.32 Å². The van der Waals surface area contributed by atoms with Gasteiger partial charge in [0.1, 0.15) is 11.3 Å². The first-order chi connectivity index (χ1) is 11.2. The third kappa shape index (κ3) is 2.66. The number of anilines is 1. The number of amides is 1. The van der Waals surface area contributed by atoms with Crippen molar-refractivity contribution >= 4 is 22.9 Å². The van der Waals surface area contributed by atoms with E-state index in [9.17, 15) is 4.79 Å². The molecular formula is C17H23N5O. The van der Waals surface area contributed by atoms with Gasteiger partial charge < -0.3 is 15.2 Å². The van der Waals surface area contributed by atoms with Crippen LogP contribution >= 0.6 is 0 Å². The van der Waals surface area contributed by atoms with Crippen LogP contribution in [0, 0.1) is 0 Å². The summed E-state index contributed by atoms with van der Waals surface area (Å²) in [5.41, 5.74) is 1.55. The van der Waals surface area contributed by atoms with Crippen LogP contribution in [0.1, 0.15) is 55.9 Å². The lowest BCUT2D eigenvalue weighted by Crippen LogP contribution is -2.43. The van der Waals surface area contributed by atoms with Crippen molar-refractivity contribution in [3.63, 3.8) is 0 Å². The standard InChI is InChI=1S/C17H23N5O/c1-2-12-10-22-14(16(23)19-12)8-11-9-18-17(21-15(11)22)20-13-6-4-3-5-7-13/h8-9,12-13H,2-7,10H2,1H3,(H,19,23)(H,18,20,21). The van der Waals surface area contributed by atoms with E-state index in [0.29, 0.717) is 17.7 Å². The molecule has 2 aromatic heterocycles. The van der Waals surface area contributed by atoms with Gasteiger partial charge in [0.2, 0.25) is 5.95 Å². The number of fused-ring (bicyclic) bond motifs is 3. The topological polar surface area (TPSA) is 71.8 Å². The molecule has 1 atom stereocenters. The van der Waals surface area contributed by atoms with Crippen molar-refractivity contribution in [1.29, 1.82) is 0 Å². The van der Waals surface area contributed by atoms with Crippen LogP contribution in [0.2, 0.25) is 0 Å². The highest BCUT2D eigenvalue weighted by atomic mass is 16.2. The number of aromatic nitrogens is 3. The van der Waals surface area contributed by atoms with Crippen LogP contribution in [0.3, 0.4) is 0 Å². The monoisotopic (exact) mass is 313 g/mol. The SMILES string of the molecule is CCC1Cn2c(cc3cnc(NC4CCCCC4)nc32)C(=O)N1. The second-order valence-electron chi connectivity index (χ2n) is 6.67. The number of nitrogens with one attached hydrogen (secondary N) is 2. The summed E-state index contributed by atoms with van der Waals surface area (Å²) in [6, 6.07) is 2.54. The Labute approximate surface area is 135 Å². The average molecular weight is 313 g/mol. The van der Waals surface area contributed by atoms with Gasteiger partial charge in [0.15, 0.2) is 0 Å². The number of carbonyl (C=O) groups is 1. The maximum atomic E-state index is 12.2. The van der Waals surface area contributed by atoms with Gasteiger partial charge in [-0.3, -0.25) is 4.79 Å². The summed E-state index contributed by atoms with van der Waals surface area (Å²) >= 11 is 0. The lowest BCUT2D eigenvalue weighted by atomic mass is 9.96. The molecule has 122 valence electrons. The van der Waals surface area contributed by atoms with Crippen LogP contribution in [-0.2, 0) is 6.54 Å². The molecule has 2 N–H and O–H groups in total. The summed E-state index contributed by atoms with van der Waals surface area (Å²) in [6.07, 6.45) is 9.01. The van der Waals surface area contributed by atoms with Gasteiger partial charge in [0.25, 0.3) is 5.91 Å². The van der Waals surface area contributed by atoms with Gasteiger partial charge in [-0.15, -0.1) is 0 Å². The van der Waals surface area contributed by atoms with Crippen LogP contribution in [-0.4, -0.2) is 32.5 Å². The Kier molecular flexibility index (Phi) is 3.67. The maximum absolute atomic E-state index is 12.2. The minimum atomic E-state index is -0.0112. The summed E-state index contributed by atoms with van der Waals surface area (Å²) < 4.78 is 2.04. The van der Waals surface area contributed by atoms with E-state index in [1.54, 1.807) is 0 Å². The molecular weight excluding hydrogens is 290 g/mol. The molecule has 23 heavy (non-hydrogen) atoms. The molecule has 1 aliphatic carbocycles. The molecule has 1 amide bonds. The zero-order valence-corrected chi connectivity index (χ0v) is 13.5. The van der Waals surface area contributed by atoms with Crippen molar-refractivity contribution in [1.82, 2.24) is 19.9 Å². The van der Waals surface area contributed by atoms with Crippen LogP contribution in [0.4, 0.5) is 5.95 Å². The molecule has 3 heterocycles. The molecule has 0 spiro atoms. The molecule has 6 heteroatoms. The fourth-order valence-electron chi connectivity index (χ4n) is 3.67. The lowest BCUT2D eigenvalue weighted by Gasteiger charge is -2.25. The Hall–Kier alpha value is -2.11. The van der Waals surface area contributed by atoms with Gasteiger partial charge in [0, 0.05) is 30.2 Å². The first-order valence-corrected chi connectivity index (χ1v) is 8.68. The third-order valence-corrected chi connectivity index (χ3v) is 5.04. The van der Waals surface area contributed by atoms with Crippen molar-refractivity contribution in [3.8, 4) is 0 Å². The lowest BCUT2D eigenvalue weighted by molar-refractivity contribution is 0.0900. The summed E-state index contributed by atoms with van der Waals surface area (Å²) in [7, 11) is 0. The Bertz CT molecular complexity index is 732. The number of carbonyl (C=O) groups excluding carboxylic acids is 1. The summed E-state index contributed by atoms with van der Waals surface area (Å²) in [4.78, 5) is 21.4. The van der Waals surface area contributed by atoms with E-state index in [1.807, 2.05) is 16.8 Å². The van der Waals surface area contributed by atoms with E-state index in [1.165, 1.54) is 32.1 Å². The van der Waals surface area contributed by atoms with Crippen LogP contribution in [0.5, 0.6) is 0 Å². The molecule has 2 aliphatic rings. The zero-order chi connectivity index (χ0) is 15.8. The molecule has 1 saturated carbocycles. The van der Waals surface area contributed by atoms with E-state index in [-0.39, 0.29) is 11.9 Å². The molecule has 2 aromatic rings. The first-order valence-electron chi connectivity index (χ1n) is 8.68. The van der Waals surface area contributed by atoms with Gasteiger partial charge >= 0.3 is 0 Å². The second-order valence-corrected chi connectivity index (χ2v) is 6.67. The molecule has 0 saturated heterocycles. The summed E-state index contributed by atoms with van der Waals surface area (Å²) in [5.74, 6) is 0.673. The normalized spacial score (nSPS) is 22.0. The number of hydrogen-bond acceptors (Lipinski definition) is 4. The van der Waals surface area contributed by atoms with Crippen molar-refractivity contribution < 1.29 is 4.79 Å². The highest BCUT2D eigenvalue weighted by Crippen LogP contribution is 2.24. The van der Waals surface area contributed by atoms with E-state index in [2.05, 4.69) is 22.5 Å². The fourth-order valence-corrected chi connectivity index (χ4v) is 3.67. The smallest absolute Gasteiger partial charge is 0.268 e. The third-order valence-electron chi connectivity index (χ3n) is 5.04. The molecule has 0 aromatic carbocycles. The predicted octanol–water partition coefficient (Wildman–Crippen LogP) is 2.70. The molecule has 4 rings (SSSR count). The fraction of sp³-hybridized carbons (Fsp3) is 0.588. The second kappa shape index (κ2) is 5.83. The van der Waals surface area contributed by atoms with Gasteiger partial charge in [-0.05, 0) is 25.3 Å². The molecule has 0 radical (unpaired) electrons. The molecule has 1 unspecified atom stereocenters. The Morgan fingerprint density at radius 2 is 2.17 bits per heavy atom. The van der Waals surface area contributed by atoms with E-state index in [0.717, 1.165) is 24.0 Å². The van der Waals surface area contributed by atoms with E-state index < -0.39 is 0 Å². The van der Waals surface area contributed by atoms with Gasteiger partial charge in [0.05, 0.1) is 0 Å². The predicted molar refractivity (Wildman–Crippen MR) is 89.6 cm³/mol. The molecule has 0 bridgehead atoms. The minimum Gasteiger partial charge on any atom is -0.351 e. The average Bonchev–Trinajstić information content (AvgIpc) is 2.94. The van der Waals surface area contributed by atoms with Crippen LogP contribution in [0.25, 0.3) is 11.0 Å². The highest BCUT2D eigenvalue weighted by molar-refractivity contribution is 5.98. The quantitative estimate of drug-likeness (QED) is 0.914. The van der Waals surface area contributed by atoms with E-state index in [4.69, 9.17) is 4.98 Å². The largest absolute Gasteiger partial charge is 0.351 e. The summed E-state index contributed by atoms with van der Waals surface area (Å²) in [6.45, 7) is 2.87. The Morgan fingerprint density at radius 1 is 1.35 bits per heavy atom. The van der Waals surface area contributed by atoms with Crippen molar-refractivity contribution in [2.45, 2.75) is 64.1 Å². The van der Waals surface area contributed by atoms with Crippen LogP contribution < -0.4 is 10.6 Å². The van der Waals surface area contributed by atoms with Gasteiger partial charge in [-0.25, -0.2) is 4.98 Å². The minimum absolute atomic E-state index is 0.0112. The highest BCUT2D eigenvalue weighted by Gasteiger charge is 2.26. The van der Waals surface area contributed by atoms with Gasteiger partial charge in [-0.1, -0.05) is 26.2 Å². The molecule has 6 nitrogen and oxygen atoms in total. The Balaban J connectivity index is 1.66. The first kappa shape index (κ1) is 14.5. The summed E-state index contributed by atoms with van der Waals surface area (Å²) in [5, 5.41) is 7.44. The number of hydrogen-bond donors (Lipinski definition) is 2. The van der Waals surface area contributed by atoms with Crippen molar-refractivity contribution in [3.05, 3.63) is 18.0 Å². The van der Waals surface area contributed by atoms with Crippen molar-refractivity contribution in [2.24, 2.45) is 0 Å².